The summed E-state index contributed by atoms with van der Waals surface area (Å²) in [7, 11) is 1.35. The molecule has 0 aliphatic carbocycles. The van der Waals surface area contributed by atoms with Gasteiger partial charge in [-0.1, -0.05) is 30.3 Å². The van der Waals surface area contributed by atoms with Gasteiger partial charge in [0.15, 0.2) is 0 Å². The van der Waals surface area contributed by atoms with Crippen LogP contribution in [0.2, 0.25) is 0 Å². The van der Waals surface area contributed by atoms with Crippen molar-refractivity contribution in [1.29, 1.82) is 0 Å². The van der Waals surface area contributed by atoms with Crippen molar-refractivity contribution in [1.82, 2.24) is 9.88 Å². The molecule has 23 heavy (non-hydrogen) atoms. The minimum Gasteiger partial charge on any atom is -0.467 e. The van der Waals surface area contributed by atoms with Gasteiger partial charge in [-0.2, -0.15) is 0 Å². The van der Waals surface area contributed by atoms with Crippen LogP contribution in [0.3, 0.4) is 0 Å². The number of pyridine rings is 1. The molecular weight excluding hydrogens is 292 g/mol. The van der Waals surface area contributed by atoms with Crippen LogP contribution in [-0.2, 0) is 14.3 Å². The molecule has 2 aromatic rings. The van der Waals surface area contributed by atoms with Gasteiger partial charge >= 0.3 is 5.97 Å². The summed E-state index contributed by atoms with van der Waals surface area (Å²) in [6.45, 7) is 0. The number of amides is 1. The summed E-state index contributed by atoms with van der Waals surface area (Å²) in [5, 5.41) is 0. The number of ether oxygens (including phenoxy) is 1. The highest BCUT2D eigenvalue weighted by Crippen LogP contribution is 2.35. The largest absolute Gasteiger partial charge is 0.467 e. The van der Waals surface area contributed by atoms with Crippen LogP contribution < -0.4 is 0 Å². The van der Waals surface area contributed by atoms with Gasteiger partial charge in [-0.15, -0.1) is 0 Å². The van der Waals surface area contributed by atoms with E-state index < -0.39 is 6.04 Å². The van der Waals surface area contributed by atoms with Crippen molar-refractivity contribution in [2.24, 2.45) is 0 Å². The van der Waals surface area contributed by atoms with Crippen LogP contribution >= 0.6 is 0 Å². The molecular formula is C18H18N2O3. The van der Waals surface area contributed by atoms with Crippen molar-refractivity contribution in [3.63, 3.8) is 0 Å². The number of carbonyl (C=O) groups excluding carboxylic acids is 2. The number of nitrogens with zero attached hydrogens (tertiary/aromatic N) is 2. The molecule has 1 amide bonds. The quantitative estimate of drug-likeness (QED) is 0.813. The Hall–Kier alpha value is -2.69. The third-order valence-electron chi connectivity index (χ3n) is 4.14. The standard InChI is InChI=1S/C18H18N2O3/c1-23-18(22)15-7-8-16(21)20(15)17(13-5-3-2-4-6-13)14-9-11-19-12-10-14/h2-6,9-12,15,17H,7-8H2,1H3. The predicted octanol–water partition coefficient (Wildman–Crippen LogP) is 2.33. The van der Waals surface area contributed by atoms with Gasteiger partial charge in [-0.05, 0) is 29.7 Å². The van der Waals surface area contributed by atoms with Crippen molar-refractivity contribution in [2.45, 2.75) is 24.9 Å². The highest BCUT2D eigenvalue weighted by molar-refractivity contribution is 5.88. The molecule has 0 saturated carbocycles. The molecule has 1 fully saturated rings. The Morgan fingerprint density at radius 3 is 2.48 bits per heavy atom. The average molecular weight is 310 g/mol. The fraction of sp³-hybridized carbons (Fsp3) is 0.278. The number of methoxy groups -OCH3 is 1. The molecule has 5 nitrogen and oxygen atoms in total. The fourth-order valence-corrected chi connectivity index (χ4v) is 3.09. The molecule has 0 spiro atoms. The van der Waals surface area contributed by atoms with Crippen LogP contribution in [0.1, 0.15) is 30.0 Å². The Labute approximate surface area is 134 Å². The smallest absolute Gasteiger partial charge is 0.328 e. The molecule has 3 rings (SSSR count). The molecule has 0 bridgehead atoms. The summed E-state index contributed by atoms with van der Waals surface area (Å²) >= 11 is 0. The summed E-state index contributed by atoms with van der Waals surface area (Å²) < 4.78 is 4.89. The normalized spacial score (nSPS) is 18.7. The van der Waals surface area contributed by atoms with Crippen LogP contribution in [0.25, 0.3) is 0 Å². The molecule has 2 unspecified atom stereocenters. The van der Waals surface area contributed by atoms with Crippen molar-refractivity contribution >= 4 is 11.9 Å². The second-order valence-corrected chi connectivity index (χ2v) is 5.47. The average Bonchev–Trinajstić information content (AvgIpc) is 2.98. The summed E-state index contributed by atoms with van der Waals surface area (Å²) in [6, 6.07) is 12.6. The molecule has 0 N–H and O–H groups in total. The number of likely N-dealkylation sites (tertiary alicyclic amines) is 1. The van der Waals surface area contributed by atoms with E-state index in [-0.39, 0.29) is 17.9 Å². The summed E-state index contributed by atoms with van der Waals surface area (Å²) in [4.78, 5) is 30.3. The van der Waals surface area contributed by atoms with Gasteiger partial charge in [0.05, 0.1) is 13.2 Å². The molecule has 1 aromatic carbocycles. The Morgan fingerprint density at radius 1 is 1.17 bits per heavy atom. The van der Waals surface area contributed by atoms with E-state index >= 15 is 0 Å². The van der Waals surface area contributed by atoms with E-state index in [1.165, 1.54) is 7.11 Å². The Morgan fingerprint density at radius 2 is 1.83 bits per heavy atom. The van der Waals surface area contributed by atoms with Crippen LogP contribution in [-0.4, -0.2) is 34.9 Å². The van der Waals surface area contributed by atoms with Crippen LogP contribution in [0.15, 0.2) is 54.9 Å². The minimum absolute atomic E-state index is 0.0361. The zero-order chi connectivity index (χ0) is 16.2. The monoisotopic (exact) mass is 310 g/mol. The van der Waals surface area contributed by atoms with Crippen molar-refractivity contribution in [2.75, 3.05) is 7.11 Å². The summed E-state index contributed by atoms with van der Waals surface area (Å²) in [6.07, 6.45) is 4.23. The number of rotatable bonds is 4. The maximum atomic E-state index is 12.5. The number of hydrogen-bond acceptors (Lipinski definition) is 4. The summed E-state index contributed by atoms with van der Waals surface area (Å²) in [5.41, 5.74) is 1.89. The SMILES string of the molecule is COC(=O)C1CCC(=O)N1C(c1ccccc1)c1ccncc1. The zero-order valence-electron chi connectivity index (χ0n) is 12.9. The van der Waals surface area contributed by atoms with E-state index in [0.29, 0.717) is 12.8 Å². The Kier molecular flexibility index (Phi) is 4.37. The predicted molar refractivity (Wildman–Crippen MR) is 84.4 cm³/mol. The number of hydrogen-bond donors (Lipinski definition) is 0. The number of aromatic nitrogens is 1. The van der Waals surface area contributed by atoms with Crippen molar-refractivity contribution < 1.29 is 14.3 Å². The van der Waals surface area contributed by atoms with E-state index in [1.54, 1.807) is 17.3 Å². The van der Waals surface area contributed by atoms with Crippen LogP contribution in [0.4, 0.5) is 0 Å². The van der Waals surface area contributed by atoms with Gasteiger partial charge in [-0.25, -0.2) is 4.79 Å². The van der Waals surface area contributed by atoms with Gasteiger partial charge in [-0.3, -0.25) is 9.78 Å². The molecule has 118 valence electrons. The van der Waals surface area contributed by atoms with Gasteiger partial charge in [0.25, 0.3) is 0 Å². The Bertz CT molecular complexity index is 648. The lowest BCUT2D eigenvalue weighted by Crippen LogP contribution is -2.42. The maximum Gasteiger partial charge on any atom is 0.328 e. The van der Waals surface area contributed by atoms with Gasteiger partial charge in [0, 0.05) is 18.8 Å². The maximum absolute atomic E-state index is 12.5. The lowest BCUT2D eigenvalue weighted by Gasteiger charge is -2.32. The van der Waals surface area contributed by atoms with E-state index in [0.717, 1.165) is 11.1 Å². The second kappa shape index (κ2) is 6.60. The molecule has 0 radical (unpaired) electrons. The van der Waals surface area contributed by atoms with Crippen molar-refractivity contribution in [3.8, 4) is 0 Å². The molecule has 1 aromatic heterocycles. The lowest BCUT2D eigenvalue weighted by atomic mass is 9.97. The van der Waals surface area contributed by atoms with E-state index in [2.05, 4.69) is 4.98 Å². The molecule has 2 heterocycles. The Balaban J connectivity index is 2.07. The molecule has 1 aliphatic heterocycles. The van der Waals surface area contributed by atoms with E-state index in [9.17, 15) is 9.59 Å². The number of benzene rings is 1. The lowest BCUT2D eigenvalue weighted by molar-refractivity contribution is -0.150. The minimum atomic E-state index is -0.550. The molecule has 1 saturated heterocycles. The van der Waals surface area contributed by atoms with Crippen LogP contribution in [0, 0.1) is 0 Å². The molecule has 1 aliphatic rings. The third-order valence-corrected chi connectivity index (χ3v) is 4.14. The second-order valence-electron chi connectivity index (χ2n) is 5.47. The van der Waals surface area contributed by atoms with Crippen molar-refractivity contribution in [3.05, 3.63) is 66.0 Å². The van der Waals surface area contributed by atoms with Gasteiger partial charge in [0.2, 0.25) is 5.91 Å². The first kappa shape index (κ1) is 15.2. The van der Waals surface area contributed by atoms with Crippen LogP contribution in [0.5, 0.6) is 0 Å². The van der Waals surface area contributed by atoms with E-state index in [1.807, 2.05) is 42.5 Å². The fourth-order valence-electron chi connectivity index (χ4n) is 3.09. The molecule has 5 heteroatoms. The summed E-state index contributed by atoms with van der Waals surface area (Å²) in [5.74, 6) is -0.406. The molecule has 2 atom stereocenters. The topological polar surface area (TPSA) is 59.5 Å². The highest BCUT2D eigenvalue weighted by Gasteiger charge is 2.42. The number of carbonyl (C=O) groups is 2. The third kappa shape index (κ3) is 2.95. The number of esters is 1. The van der Waals surface area contributed by atoms with Gasteiger partial charge in [0.1, 0.15) is 6.04 Å². The van der Waals surface area contributed by atoms with Gasteiger partial charge < -0.3 is 9.64 Å². The first-order valence-corrected chi connectivity index (χ1v) is 7.56. The first-order valence-electron chi connectivity index (χ1n) is 7.56. The highest BCUT2D eigenvalue weighted by atomic mass is 16.5. The zero-order valence-corrected chi connectivity index (χ0v) is 12.9. The van der Waals surface area contributed by atoms with E-state index in [4.69, 9.17) is 4.74 Å². The first-order chi connectivity index (χ1) is 11.2.